The molecule has 12 heavy (non-hydrogen) atoms. The second-order valence-electron chi connectivity index (χ2n) is 2.13. The minimum Gasteiger partial charge on any atom is -0.248 e. The SMILES string of the molecule is C#Cc1ccnn1CC(F)(F)F. The fourth-order valence-corrected chi connectivity index (χ4v) is 0.751. The van der Waals surface area contributed by atoms with E-state index in [1.165, 1.54) is 12.3 Å². The first-order valence-corrected chi connectivity index (χ1v) is 3.08. The molecule has 64 valence electrons. The van der Waals surface area contributed by atoms with Crippen molar-refractivity contribution in [2.24, 2.45) is 0 Å². The van der Waals surface area contributed by atoms with Gasteiger partial charge in [-0.25, -0.2) is 4.68 Å². The number of halogens is 3. The minimum absolute atomic E-state index is 0.132. The van der Waals surface area contributed by atoms with Crippen molar-refractivity contribution in [2.45, 2.75) is 12.7 Å². The lowest BCUT2D eigenvalue weighted by Gasteiger charge is -2.06. The van der Waals surface area contributed by atoms with E-state index in [-0.39, 0.29) is 5.69 Å². The lowest BCUT2D eigenvalue weighted by atomic mass is 10.4. The summed E-state index contributed by atoms with van der Waals surface area (Å²) in [7, 11) is 0. The average molecular weight is 174 g/mol. The average Bonchev–Trinajstić information content (AvgIpc) is 2.31. The van der Waals surface area contributed by atoms with Gasteiger partial charge in [0.2, 0.25) is 0 Å². The Morgan fingerprint density at radius 2 is 2.25 bits per heavy atom. The van der Waals surface area contributed by atoms with Crippen LogP contribution in [0.5, 0.6) is 0 Å². The molecule has 1 aromatic rings. The van der Waals surface area contributed by atoms with E-state index >= 15 is 0 Å². The van der Waals surface area contributed by atoms with Gasteiger partial charge in [-0.05, 0) is 6.07 Å². The number of hydrogen-bond acceptors (Lipinski definition) is 1. The maximum absolute atomic E-state index is 11.8. The van der Waals surface area contributed by atoms with Crippen molar-refractivity contribution in [3.63, 3.8) is 0 Å². The third-order valence-electron chi connectivity index (χ3n) is 1.19. The molecule has 5 heteroatoms. The second kappa shape index (κ2) is 2.89. The van der Waals surface area contributed by atoms with Gasteiger partial charge in [0.1, 0.15) is 12.2 Å². The third-order valence-corrected chi connectivity index (χ3v) is 1.19. The van der Waals surface area contributed by atoms with Crippen LogP contribution < -0.4 is 0 Å². The highest BCUT2D eigenvalue weighted by atomic mass is 19.4. The Balaban J connectivity index is 2.84. The third kappa shape index (κ3) is 2.02. The first-order chi connectivity index (χ1) is 5.53. The van der Waals surface area contributed by atoms with Crippen LogP contribution in [-0.4, -0.2) is 16.0 Å². The molecule has 0 amide bonds. The summed E-state index contributed by atoms with van der Waals surface area (Å²) in [6.45, 7) is -1.14. The van der Waals surface area contributed by atoms with Gasteiger partial charge in [0.15, 0.2) is 0 Å². The van der Waals surface area contributed by atoms with E-state index < -0.39 is 12.7 Å². The molecule has 0 spiro atoms. The van der Waals surface area contributed by atoms with E-state index in [2.05, 4.69) is 11.0 Å². The molecule has 2 nitrogen and oxygen atoms in total. The predicted molar refractivity (Wildman–Crippen MR) is 36.2 cm³/mol. The molecule has 0 bridgehead atoms. The van der Waals surface area contributed by atoms with Gasteiger partial charge in [-0.3, -0.25) is 0 Å². The first-order valence-electron chi connectivity index (χ1n) is 3.08. The van der Waals surface area contributed by atoms with E-state index in [0.717, 1.165) is 4.68 Å². The van der Waals surface area contributed by atoms with Gasteiger partial charge in [0.05, 0.1) is 6.20 Å². The molecule has 0 unspecified atom stereocenters. The maximum atomic E-state index is 11.8. The van der Waals surface area contributed by atoms with Gasteiger partial charge < -0.3 is 0 Å². The van der Waals surface area contributed by atoms with Crippen molar-refractivity contribution in [1.82, 2.24) is 9.78 Å². The summed E-state index contributed by atoms with van der Waals surface area (Å²) in [5.74, 6) is 2.10. The van der Waals surface area contributed by atoms with Gasteiger partial charge in [-0.1, -0.05) is 5.92 Å². The zero-order valence-corrected chi connectivity index (χ0v) is 5.97. The fraction of sp³-hybridized carbons (Fsp3) is 0.286. The summed E-state index contributed by atoms with van der Waals surface area (Å²) in [6, 6.07) is 1.35. The Hall–Kier alpha value is -1.44. The van der Waals surface area contributed by atoms with Crippen molar-refractivity contribution in [2.75, 3.05) is 0 Å². The number of rotatable bonds is 1. The Bertz CT molecular complexity index is 305. The molecular weight excluding hydrogens is 169 g/mol. The lowest BCUT2D eigenvalue weighted by Crippen LogP contribution is -2.19. The standard InChI is InChI=1S/C7H5F3N2/c1-2-6-3-4-11-12(6)5-7(8,9)10/h1,3-4H,5H2. The molecule has 0 saturated carbocycles. The van der Waals surface area contributed by atoms with Crippen LogP contribution in [0.15, 0.2) is 12.3 Å². The summed E-state index contributed by atoms with van der Waals surface area (Å²) in [5, 5.41) is 3.43. The van der Waals surface area contributed by atoms with E-state index in [1.807, 2.05) is 0 Å². The van der Waals surface area contributed by atoms with Crippen LogP contribution in [0.3, 0.4) is 0 Å². The summed E-state index contributed by atoms with van der Waals surface area (Å²) in [4.78, 5) is 0. The summed E-state index contributed by atoms with van der Waals surface area (Å²) in [6.07, 6.45) is 1.89. The van der Waals surface area contributed by atoms with Crippen LogP contribution in [0.2, 0.25) is 0 Å². The van der Waals surface area contributed by atoms with Gasteiger partial charge in [-0.15, -0.1) is 6.42 Å². The Labute approximate surface area is 67.0 Å². The molecule has 1 rings (SSSR count). The maximum Gasteiger partial charge on any atom is 0.408 e. The van der Waals surface area contributed by atoms with Crippen molar-refractivity contribution in [3.8, 4) is 12.3 Å². The van der Waals surface area contributed by atoms with Gasteiger partial charge >= 0.3 is 6.18 Å². The topological polar surface area (TPSA) is 17.8 Å². The number of terminal acetylenes is 1. The molecule has 0 N–H and O–H groups in total. The van der Waals surface area contributed by atoms with Crippen LogP contribution in [-0.2, 0) is 6.54 Å². The summed E-state index contributed by atoms with van der Waals surface area (Å²) >= 11 is 0. The molecule has 0 radical (unpaired) electrons. The van der Waals surface area contributed by atoms with Gasteiger partial charge in [0, 0.05) is 0 Å². The Kier molecular flexibility index (Phi) is 2.09. The molecule has 1 aromatic heterocycles. The normalized spacial score (nSPS) is 11.2. The number of aromatic nitrogens is 2. The molecular formula is C7H5F3N2. The quantitative estimate of drug-likeness (QED) is 0.589. The second-order valence-corrected chi connectivity index (χ2v) is 2.13. The molecule has 0 fully saturated rings. The highest BCUT2D eigenvalue weighted by molar-refractivity contribution is 5.22. The first kappa shape index (κ1) is 8.65. The molecule has 0 aliphatic carbocycles. The highest BCUT2D eigenvalue weighted by Gasteiger charge is 2.28. The zero-order chi connectivity index (χ0) is 9.19. The highest BCUT2D eigenvalue weighted by Crippen LogP contribution is 2.17. The van der Waals surface area contributed by atoms with Crippen LogP contribution in [0, 0.1) is 12.3 Å². The van der Waals surface area contributed by atoms with Crippen LogP contribution in [0.1, 0.15) is 5.69 Å². The van der Waals surface area contributed by atoms with E-state index in [0.29, 0.717) is 0 Å². The van der Waals surface area contributed by atoms with Gasteiger partial charge in [-0.2, -0.15) is 18.3 Å². The van der Waals surface area contributed by atoms with Crippen molar-refractivity contribution < 1.29 is 13.2 Å². The molecule has 1 heterocycles. The number of alkyl halides is 3. The molecule has 0 aliphatic rings. The largest absolute Gasteiger partial charge is 0.408 e. The van der Waals surface area contributed by atoms with Crippen molar-refractivity contribution in [3.05, 3.63) is 18.0 Å². The predicted octanol–water partition coefficient (Wildman–Crippen LogP) is 1.43. The van der Waals surface area contributed by atoms with Crippen molar-refractivity contribution in [1.29, 1.82) is 0 Å². The minimum atomic E-state index is -4.28. The van der Waals surface area contributed by atoms with Crippen LogP contribution >= 0.6 is 0 Å². The Morgan fingerprint density at radius 3 is 2.75 bits per heavy atom. The number of nitrogens with zero attached hydrogens (tertiary/aromatic N) is 2. The lowest BCUT2D eigenvalue weighted by molar-refractivity contribution is -0.142. The van der Waals surface area contributed by atoms with E-state index in [1.54, 1.807) is 0 Å². The number of hydrogen-bond donors (Lipinski definition) is 0. The van der Waals surface area contributed by atoms with Crippen LogP contribution in [0.4, 0.5) is 13.2 Å². The van der Waals surface area contributed by atoms with Gasteiger partial charge in [0.25, 0.3) is 0 Å². The van der Waals surface area contributed by atoms with E-state index in [4.69, 9.17) is 6.42 Å². The van der Waals surface area contributed by atoms with E-state index in [9.17, 15) is 13.2 Å². The fourth-order valence-electron chi connectivity index (χ4n) is 0.751. The monoisotopic (exact) mass is 174 g/mol. The molecule has 0 saturated heterocycles. The zero-order valence-electron chi connectivity index (χ0n) is 5.97. The molecule has 0 aliphatic heterocycles. The van der Waals surface area contributed by atoms with Crippen molar-refractivity contribution >= 4 is 0 Å². The van der Waals surface area contributed by atoms with Crippen LogP contribution in [0.25, 0.3) is 0 Å². The smallest absolute Gasteiger partial charge is 0.248 e. The summed E-state index contributed by atoms with van der Waals surface area (Å²) < 4.78 is 36.2. The summed E-state index contributed by atoms with van der Waals surface area (Å²) in [5.41, 5.74) is 0.132. The Morgan fingerprint density at radius 1 is 1.58 bits per heavy atom. The molecule has 0 aromatic carbocycles. The molecule has 0 atom stereocenters.